The van der Waals surface area contributed by atoms with Gasteiger partial charge in [0, 0.05) is 48.4 Å². The Morgan fingerprint density at radius 3 is 2.52 bits per heavy atom. The molecule has 0 aromatic heterocycles. The van der Waals surface area contributed by atoms with Gasteiger partial charge in [0.25, 0.3) is 5.91 Å². The molecule has 42 heavy (non-hydrogen) atoms. The Labute approximate surface area is 245 Å². The summed E-state index contributed by atoms with van der Waals surface area (Å²) in [5, 5.41) is 24.8. The van der Waals surface area contributed by atoms with Crippen molar-refractivity contribution in [3.05, 3.63) is 53.2 Å². The number of allylic oxidation sites excluding steroid dienone is 1. The van der Waals surface area contributed by atoms with Crippen LogP contribution in [0.2, 0.25) is 0 Å². The summed E-state index contributed by atoms with van der Waals surface area (Å²) in [7, 11) is 0. The molecule has 2 fully saturated rings. The maximum Gasteiger partial charge on any atom is 0.259 e. The van der Waals surface area contributed by atoms with Crippen molar-refractivity contribution in [1.82, 2.24) is 15.5 Å². The Kier molecular flexibility index (Phi) is 7.87. The number of imide groups is 1. The van der Waals surface area contributed by atoms with Gasteiger partial charge in [-0.2, -0.15) is 5.26 Å². The van der Waals surface area contributed by atoms with Crippen LogP contribution in [0.1, 0.15) is 68.3 Å². The Balaban J connectivity index is 1.34. The van der Waals surface area contributed by atoms with Gasteiger partial charge in [-0.05, 0) is 67.7 Å². The molecule has 10 heteroatoms. The van der Waals surface area contributed by atoms with Crippen LogP contribution >= 0.6 is 0 Å². The number of hydrogen-bond acceptors (Lipinski definition) is 7. The number of hydrogen-bond donors (Lipinski definition) is 3. The van der Waals surface area contributed by atoms with Crippen LogP contribution in [0.4, 0.5) is 5.69 Å². The number of anilines is 1. The highest BCUT2D eigenvalue weighted by atomic mass is 16.2. The maximum absolute atomic E-state index is 13.5. The van der Waals surface area contributed by atoms with E-state index in [4.69, 9.17) is 5.41 Å². The van der Waals surface area contributed by atoms with E-state index < -0.39 is 17.4 Å². The predicted octanol–water partition coefficient (Wildman–Crippen LogP) is 3.59. The van der Waals surface area contributed by atoms with E-state index in [0.717, 1.165) is 34.8 Å². The number of nitriles is 1. The lowest BCUT2D eigenvalue weighted by molar-refractivity contribution is -0.136. The molecule has 218 valence electrons. The van der Waals surface area contributed by atoms with Gasteiger partial charge in [-0.15, -0.1) is 0 Å². The van der Waals surface area contributed by atoms with E-state index >= 15 is 0 Å². The van der Waals surface area contributed by atoms with E-state index in [2.05, 4.69) is 23.6 Å². The van der Waals surface area contributed by atoms with Gasteiger partial charge in [-0.25, -0.2) is 0 Å². The average Bonchev–Trinajstić information content (AvgIpc) is 3.75. The molecule has 1 aliphatic carbocycles. The van der Waals surface area contributed by atoms with Crippen molar-refractivity contribution in [2.75, 3.05) is 18.0 Å². The first kappa shape index (κ1) is 29.0. The standard InChI is InChI=1S/C32H36N6O4/c1-3-5-26(28(40)35-20-39)38-25-9-8-22(23-6-4-7-24(27(23)25)29(38)41)16-21(17-33)18-36-31(2)12-14-37(15-13-31)30(42)32(19-34)10-11-32/h4,6-9,17-18,20,26,33,36H,3,5,10-16H2,1-2H3,(H,35,39,40)/b21-18-,33-17?. The highest BCUT2D eigenvalue weighted by Gasteiger charge is 2.53. The van der Waals surface area contributed by atoms with E-state index in [0.29, 0.717) is 62.9 Å². The fourth-order valence-corrected chi connectivity index (χ4v) is 6.11. The van der Waals surface area contributed by atoms with Crippen LogP contribution in [-0.4, -0.2) is 59.9 Å². The first-order chi connectivity index (χ1) is 20.2. The predicted molar refractivity (Wildman–Crippen MR) is 159 cm³/mol. The molecular weight excluding hydrogens is 532 g/mol. The third-order valence-corrected chi connectivity index (χ3v) is 8.91. The maximum atomic E-state index is 13.5. The van der Waals surface area contributed by atoms with Crippen molar-refractivity contribution in [3.63, 3.8) is 0 Å². The minimum absolute atomic E-state index is 0.0442. The number of carbonyl (C=O) groups excluding carboxylic acids is 4. The molecule has 3 N–H and O–H groups in total. The van der Waals surface area contributed by atoms with Gasteiger partial charge in [0.05, 0.1) is 11.8 Å². The van der Waals surface area contributed by atoms with Crippen molar-refractivity contribution < 1.29 is 19.2 Å². The second kappa shape index (κ2) is 11.4. The minimum Gasteiger partial charge on any atom is -0.385 e. The molecule has 1 atom stereocenters. The number of benzene rings is 2. The number of carbonyl (C=O) groups is 4. The molecule has 1 saturated carbocycles. The van der Waals surface area contributed by atoms with Gasteiger partial charge >= 0.3 is 0 Å². The van der Waals surface area contributed by atoms with E-state index in [9.17, 15) is 24.4 Å². The molecule has 2 aromatic carbocycles. The number of amides is 4. The van der Waals surface area contributed by atoms with Crippen LogP contribution in [0.3, 0.4) is 0 Å². The van der Waals surface area contributed by atoms with Crippen LogP contribution in [-0.2, 0) is 20.8 Å². The second-order valence-electron chi connectivity index (χ2n) is 11.8. The third kappa shape index (κ3) is 5.15. The fraction of sp³-hybridized carbons (Fsp3) is 0.438. The zero-order chi connectivity index (χ0) is 30.1. The van der Waals surface area contributed by atoms with Gasteiger partial charge < -0.3 is 15.6 Å². The summed E-state index contributed by atoms with van der Waals surface area (Å²) in [6, 6.07) is 10.7. The molecule has 0 spiro atoms. The lowest BCUT2D eigenvalue weighted by Gasteiger charge is -2.40. The average molecular weight is 569 g/mol. The molecule has 1 unspecified atom stereocenters. The van der Waals surface area contributed by atoms with Crippen LogP contribution in [0.5, 0.6) is 0 Å². The molecule has 5 rings (SSSR count). The Hall–Kier alpha value is -4.52. The second-order valence-corrected chi connectivity index (χ2v) is 11.8. The normalized spacial score (nSPS) is 19.2. The van der Waals surface area contributed by atoms with Crippen LogP contribution in [0, 0.1) is 22.2 Å². The minimum atomic E-state index is -0.799. The SMILES string of the molecule is CCCC(C(=O)NC=O)N1C(=O)c2cccc3c(C/C(C=N)=C/NC4(C)CCN(C(=O)C5(C#N)CC5)CC4)ccc1c23. The van der Waals surface area contributed by atoms with E-state index in [-0.39, 0.29) is 17.4 Å². The van der Waals surface area contributed by atoms with E-state index in [1.807, 2.05) is 42.3 Å². The number of likely N-dealkylation sites (tertiary alicyclic amines) is 1. The van der Waals surface area contributed by atoms with Gasteiger partial charge in [0.1, 0.15) is 11.5 Å². The fourth-order valence-electron chi connectivity index (χ4n) is 6.11. The Morgan fingerprint density at radius 2 is 1.90 bits per heavy atom. The Bertz CT molecular complexity index is 1530. The van der Waals surface area contributed by atoms with Crippen LogP contribution < -0.4 is 15.5 Å². The summed E-state index contributed by atoms with van der Waals surface area (Å²) in [4.78, 5) is 53.3. The summed E-state index contributed by atoms with van der Waals surface area (Å²) < 4.78 is 0. The lowest BCUT2D eigenvalue weighted by atomic mass is 9.88. The van der Waals surface area contributed by atoms with Crippen LogP contribution in [0.15, 0.2) is 42.1 Å². The molecule has 1 saturated heterocycles. The Morgan fingerprint density at radius 1 is 1.17 bits per heavy atom. The third-order valence-electron chi connectivity index (χ3n) is 8.91. The van der Waals surface area contributed by atoms with E-state index in [1.54, 1.807) is 6.07 Å². The first-order valence-electron chi connectivity index (χ1n) is 14.5. The molecule has 2 aliphatic heterocycles. The summed E-state index contributed by atoms with van der Waals surface area (Å²) in [5.41, 5.74) is 1.82. The van der Waals surface area contributed by atoms with Crippen molar-refractivity contribution in [2.45, 2.75) is 70.4 Å². The molecule has 0 bridgehead atoms. The number of rotatable bonds is 11. The lowest BCUT2D eigenvalue weighted by Crippen LogP contribution is -2.52. The quantitative estimate of drug-likeness (QED) is 0.279. The largest absolute Gasteiger partial charge is 0.385 e. The zero-order valence-electron chi connectivity index (χ0n) is 24.0. The van der Waals surface area contributed by atoms with Crippen molar-refractivity contribution in [2.24, 2.45) is 5.41 Å². The smallest absolute Gasteiger partial charge is 0.259 e. The van der Waals surface area contributed by atoms with Gasteiger partial charge in [0.2, 0.25) is 18.2 Å². The first-order valence-corrected chi connectivity index (χ1v) is 14.5. The van der Waals surface area contributed by atoms with Crippen LogP contribution in [0.25, 0.3) is 10.8 Å². The molecule has 2 aromatic rings. The summed E-state index contributed by atoms with van der Waals surface area (Å²) in [6.45, 7) is 5.20. The number of nitrogens with zero attached hydrogens (tertiary/aromatic N) is 3. The van der Waals surface area contributed by atoms with Gasteiger partial charge in [-0.3, -0.25) is 29.4 Å². The van der Waals surface area contributed by atoms with Crippen molar-refractivity contribution in [3.8, 4) is 6.07 Å². The summed E-state index contributed by atoms with van der Waals surface area (Å²) in [6.07, 6.45) is 7.83. The van der Waals surface area contributed by atoms with Crippen molar-refractivity contribution >= 4 is 46.8 Å². The molecule has 0 radical (unpaired) electrons. The van der Waals surface area contributed by atoms with Gasteiger partial charge in [-0.1, -0.05) is 31.5 Å². The number of piperidine rings is 1. The summed E-state index contributed by atoms with van der Waals surface area (Å²) >= 11 is 0. The number of nitrogens with one attached hydrogen (secondary N) is 3. The molecule has 2 heterocycles. The molecule has 3 aliphatic rings. The van der Waals surface area contributed by atoms with Crippen molar-refractivity contribution in [1.29, 1.82) is 10.7 Å². The topological polar surface area (TPSA) is 146 Å². The molecule has 10 nitrogen and oxygen atoms in total. The zero-order valence-corrected chi connectivity index (χ0v) is 24.0. The molecular formula is C32H36N6O4. The van der Waals surface area contributed by atoms with E-state index in [1.165, 1.54) is 11.1 Å². The molecule has 4 amide bonds. The monoisotopic (exact) mass is 568 g/mol. The summed E-state index contributed by atoms with van der Waals surface area (Å²) in [5.74, 6) is -0.819. The van der Waals surface area contributed by atoms with Gasteiger partial charge in [0.15, 0.2) is 0 Å². The highest BCUT2D eigenvalue weighted by Crippen LogP contribution is 2.47. The highest BCUT2D eigenvalue weighted by molar-refractivity contribution is 6.27.